The molecular formula is C27H49NO4. The van der Waals surface area contributed by atoms with Gasteiger partial charge in [0, 0.05) is 19.6 Å². The molecule has 0 radical (unpaired) electrons. The molecular weight excluding hydrogens is 402 g/mol. The number of aldehydes is 1. The Balaban J connectivity index is 0.000000557. The van der Waals surface area contributed by atoms with E-state index in [0.717, 1.165) is 31.1 Å². The average molecular weight is 452 g/mol. The highest BCUT2D eigenvalue weighted by Crippen LogP contribution is 2.27. The number of rotatable bonds is 10. The summed E-state index contributed by atoms with van der Waals surface area (Å²) >= 11 is 0. The van der Waals surface area contributed by atoms with Crippen LogP contribution in [0.15, 0.2) is 24.3 Å². The molecule has 5 heteroatoms. The smallest absolute Gasteiger partial charge is 0.158 e. The number of hydrogen-bond donors (Lipinski definition) is 1. The van der Waals surface area contributed by atoms with Crippen LogP contribution < -0.4 is 10.5 Å². The Kier molecular flexibility index (Phi) is 17.2. The fourth-order valence-electron chi connectivity index (χ4n) is 3.52. The van der Waals surface area contributed by atoms with Crippen molar-refractivity contribution in [1.82, 2.24) is 0 Å². The van der Waals surface area contributed by atoms with Gasteiger partial charge in [0.05, 0.1) is 6.10 Å². The van der Waals surface area contributed by atoms with Crippen LogP contribution in [0.4, 0.5) is 0 Å². The number of carbonyl (C=O) groups is 1. The van der Waals surface area contributed by atoms with Gasteiger partial charge in [-0.05, 0) is 42.4 Å². The molecule has 2 rings (SSSR count). The zero-order valence-electron chi connectivity index (χ0n) is 21.7. The minimum atomic E-state index is -0.0203. The van der Waals surface area contributed by atoms with Gasteiger partial charge in [0.2, 0.25) is 0 Å². The lowest BCUT2D eigenvalue weighted by atomic mass is 9.91. The van der Waals surface area contributed by atoms with Gasteiger partial charge in [-0.1, -0.05) is 79.4 Å². The van der Waals surface area contributed by atoms with Gasteiger partial charge in [-0.2, -0.15) is 0 Å². The van der Waals surface area contributed by atoms with E-state index in [4.69, 9.17) is 19.9 Å². The van der Waals surface area contributed by atoms with Crippen molar-refractivity contribution in [1.29, 1.82) is 0 Å². The van der Waals surface area contributed by atoms with Crippen molar-refractivity contribution < 1.29 is 19.0 Å². The third kappa shape index (κ3) is 14.6. The standard InChI is InChI=1S/C13H26O2.C12H17NO2.C2H6/c1-13(2,3)10-12(14-4)15-11-8-6-5-7-9-11;1-2-3-12(13)10-4-6-11(7-5-10)15-9-8-14;1-2/h11-12H,5-10H2,1-4H3;4-8,12H,2-3,9,13H2,1H3;1-2H3. The number of carbonyl (C=O) groups excluding carboxylic acids is 1. The molecule has 0 heterocycles. The van der Waals surface area contributed by atoms with Crippen LogP contribution in [0, 0.1) is 5.41 Å². The molecule has 2 N–H and O–H groups in total. The Hall–Kier alpha value is -1.43. The second-order valence-corrected chi connectivity index (χ2v) is 9.27. The van der Waals surface area contributed by atoms with Crippen molar-refractivity contribution in [2.24, 2.45) is 11.1 Å². The van der Waals surface area contributed by atoms with Gasteiger partial charge in [-0.15, -0.1) is 0 Å². The summed E-state index contributed by atoms with van der Waals surface area (Å²) in [6.07, 6.45) is 10.6. The number of nitrogens with two attached hydrogens (primary N) is 1. The molecule has 2 unspecified atom stereocenters. The Morgan fingerprint density at radius 1 is 1.09 bits per heavy atom. The normalized spacial score (nSPS) is 16.0. The molecule has 0 aliphatic heterocycles. The molecule has 0 spiro atoms. The van der Waals surface area contributed by atoms with E-state index in [2.05, 4.69) is 27.7 Å². The summed E-state index contributed by atoms with van der Waals surface area (Å²) in [6.45, 7) is 12.9. The van der Waals surface area contributed by atoms with Crippen LogP contribution in [0.5, 0.6) is 5.75 Å². The lowest BCUT2D eigenvalue weighted by Gasteiger charge is -2.30. The first kappa shape index (κ1) is 30.6. The van der Waals surface area contributed by atoms with Crippen molar-refractivity contribution in [3.63, 3.8) is 0 Å². The van der Waals surface area contributed by atoms with Crippen molar-refractivity contribution in [3.05, 3.63) is 29.8 Å². The number of hydrogen-bond acceptors (Lipinski definition) is 5. The molecule has 2 atom stereocenters. The maximum atomic E-state index is 10.1. The van der Waals surface area contributed by atoms with E-state index in [1.165, 1.54) is 32.1 Å². The number of benzene rings is 1. The quantitative estimate of drug-likeness (QED) is 0.312. The SMILES string of the molecule is CC.CCCC(N)c1ccc(OCC=O)cc1.COC(CC(C)(C)C)OC1CCCCC1. The van der Waals surface area contributed by atoms with Crippen molar-refractivity contribution in [2.45, 2.75) is 111 Å². The highest BCUT2D eigenvalue weighted by molar-refractivity contribution is 5.51. The molecule has 0 bridgehead atoms. The topological polar surface area (TPSA) is 70.8 Å². The maximum Gasteiger partial charge on any atom is 0.158 e. The second kappa shape index (κ2) is 18.0. The zero-order chi connectivity index (χ0) is 24.4. The van der Waals surface area contributed by atoms with Crippen LogP contribution >= 0.6 is 0 Å². The minimum absolute atomic E-state index is 0.0203. The van der Waals surface area contributed by atoms with Crippen LogP contribution in [-0.2, 0) is 14.3 Å². The van der Waals surface area contributed by atoms with Crippen LogP contribution in [-0.4, -0.2) is 32.4 Å². The van der Waals surface area contributed by atoms with Crippen molar-refractivity contribution in [2.75, 3.05) is 13.7 Å². The Bertz CT molecular complexity index is 562. The summed E-state index contributed by atoms with van der Waals surface area (Å²) < 4.78 is 16.5. The van der Waals surface area contributed by atoms with Gasteiger partial charge < -0.3 is 19.9 Å². The predicted molar refractivity (Wildman–Crippen MR) is 134 cm³/mol. The fraction of sp³-hybridized carbons (Fsp3) is 0.741. The zero-order valence-corrected chi connectivity index (χ0v) is 21.7. The van der Waals surface area contributed by atoms with E-state index in [-0.39, 0.29) is 24.4 Å². The van der Waals surface area contributed by atoms with Gasteiger partial charge in [0.25, 0.3) is 0 Å². The molecule has 0 amide bonds. The molecule has 32 heavy (non-hydrogen) atoms. The first-order valence-electron chi connectivity index (χ1n) is 12.4. The van der Waals surface area contributed by atoms with Crippen LogP contribution in [0.2, 0.25) is 0 Å². The minimum Gasteiger partial charge on any atom is -0.486 e. The molecule has 0 saturated heterocycles. The Morgan fingerprint density at radius 2 is 1.69 bits per heavy atom. The van der Waals surface area contributed by atoms with E-state index < -0.39 is 0 Å². The molecule has 1 fully saturated rings. The van der Waals surface area contributed by atoms with Gasteiger partial charge >= 0.3 is 0 Å². The molecule has 5 nitrogen and oxygen atoms in total. The third-order valence-corrected chi connectivity index (χ3v) is 5.16. The molecule has 1 aliphatic rings. The summed E-state index contributed by atoms with van der Waals surface area (Å²) in [7, 11) is 1.75. The lowest BCUT2D eigenvalue weighted by molar-refractivity contribution is -0.175. The number of ether oxygens (including phenoxy) is 3. The van der Waals surface area contributed by atoms with Gasteiger partial charge in [0.15, 0.2) is 12.6 Å². The summed E-state index contributed by atoms with van der Waals surface area (Å²) in [5.74, 6) is 0.703. The highest BCUT2D eigenvalue weighted by Gasteiger charge is 2.23. The van der Waals surface area contributed by atoms with E-state index in [1.54, 1.807) is 7.11 Å². The van der Waals surface area contributed by atoms with Crippen LogP contribution in [0.1, 0.15) is 105 Å². The number of methoxy groups -OCH3 is 1. The average Bonchev–Trinajstić information content (AvgIpc) is 2.79. The van der Waals surface area contributed by atoms with Gasteiger partial charge in [-0.3, -0.25) is 4.79 Å². The first-order chi connectivity index (χ1) is 15.3. The second-order valence-electron chi connectivity index (χ2n) is 9.27. The highest BCUT2D eigenvalue weighted by atomic mass is 16.7. The van der Waals surface area contributed by atoms with E-state index in [1.807, 2.05) is 38.1 Å². The molecule has 186 valence electrons. The van der Waals surface area contributed by atoms with Gasteiger partial charge in [0.1, 0.15) is 12.4 Å². The predicted octanol–water partition coefficient (Wildman–Crippen LogP) is 6.83. The largest absolute Gasteiger partial charge is 0.486 e. The monoisotopic (exact) mass is 451 g/mol. The molecule has 1 aliphatic carbocycles. The van der Waals surface area contributed by atoms with Crippen molar-refractivity contribution in [3.8, 4) is 5.75 Å². The summed E-state index contributed by atoms with van der Waals surface area (Å²) in [5, 5.41) is 0. The summed E-state index contributed by atoms with van der Waals surface area (Å²) in [4.78, 5) is 10.1. The van der Waals surface area contributed by atoms with E-state index in [9.17, 15) is 4.79 Å². The molecule has 1 saturated carbocycles. The molecule has 0 aromatic heterocycles. The first-order valence-corrected chi connectivity index (χ1v) is 12.4. The van der Waals surface area contributed by atoms with E-state index >= 15 is 0 Å². The Labute approximate surface area is 197 Å². The Morgan fingerprint density at radius 3 is 2.16 bits per heavy atom. The maximum absolute atomic E-state index is 10.1. The third-order valence-electron chi connectivity index (χ3n) is 5.16. The summed E-state index contributed by atoms with van der Waals surface area (Å²) in [5.41, 5.74) is 7.34. The van der Waals surface area contributed by atoms with Crippen LogP contribution in [0.25, 0.3) is 0 Å². The van der Waals surface area contributed by atoms with E-state index in [0.29, 0.717) is 11.9 Å². The fourth-order valence-corrected chi connectivity index (χ4v) is 3.52. The van der Waals surface area contributed by atoms with Gasteiger partial charge in [-0.25, -0.2) is 0 Å². The molecule has 1 aromatic carbocycles. The molecule has 1 aromatic rings. The summed E-state index contributed by atoms with van der Waals surface area (Å²) in [6, 6.07) is 7.67. The lowest BCUT2D eigenvalue weighted by Crippen LogP contribution is -2.29. The van der Waals surface area contributed by atoms with Crippen LogP contribution in [0.3, 0.4) is 0 Å². The van der Waals surface area contributed by atoms with Crippen molar-refractivity contribution >= 4 is 6.29 Å².